The molecule has 15 heavy (non-hydrogen) atoms. The highest BCUT2D eigenvalue weighted by Gasteiger charge is 2.09. The van der Waals surface area contributed by atoms with Crippen LogP contribution in [0.1, 0.15) is 0 Å². The lowest BCUT2D eigenvalue weighted by Crippen LogP contribution is -2.28. The first kappa shape index (κ1) is 9.95. The molecule has 0 saturated heterocycles. The highest BCUT2D eigenvalue weighted by molar-refractivity contribution is 5.87. The Bertz CT molecular complexity index is 437. The Labute approximate surface area is 86.4 Å². The van der Waals surface area contributed by atoms with Gasteiger partial charge in [-0.1, -0.05) is 0 Å². The summed E-state index contributed by atoms with van der Waals surface area (Å²) in [5, 5.41) is 21.6. The molecule has 0 saturated carbocycles. The van der Waals surface area contributed by atoms with Gasteiger partial charge < -0.3 is 19.9 Å². The first-order valence-corrected chi connectivity index (χ1v) is 4.65. The maximum Gasteiger partial charge on any atom is 0.139 e. The van der Waals surface area contributed by atoms with E-state index in [4.69, 9.17) is 14.6 Å². The summed E-state index contributed by atoms with van der Waals surface area (Å²) < 4.78 is 5.20. The number of furan rings is 1. The normalized spacial score (nSPS) is 11.1. The van der Waals surface area contributed by atoms with Gasteiger partial charge in [0.2, 0.25) is 0 Å². The molecule has 0 radical (unpaired) electrons. The number of nitrogens with one attached hydrogen (secondary N) is 1. The predicted molar refractivity (Wildman–Crippen MR) is 55.6 cm³/mol. The number of hydrogen-bond donors (Lipinski definition) is 3. The van der Waals surface area contributed by atoms with Crippen LogP contribution in [0.5, 0.6) is 0 Å². The summed E-state index contributed by atoms with van der Waals surface area (Å²) in [6.45, 7) is -0.293. The average molecular weight is 208 g/mol. The quantitative estimate of drug-likeness (QED) is 0.685. The largest absolute Gasteiger partial charge is 0.464 e. The van der Waals surface area contributed by atoms with Crippen LogP contribution < -0.4 is 5.32 Å². The van der Waals surface area contributed by atoms with Crippen molar-refractivity contribution in [3.05, 3.63) is 24.6 Å². The van der Waals surface area contributed by atoms with Crippen molar-refractivity contribution in [3.63, 3.8) is 0 Å². The molecule has 2 heterocycles. The van der Waals surface area contributed by atoms with E-state index in [1.54, 1.807) is 24.6 Å². The van der Waals surface area contributed by atoms with E-state index in [1.807, 2.05) is 0 Å². The zero-order chi connectivity index (χ0) is 10.7. The van der Waals surface area contributed by atoms with Crippen molar-refractivity contribution in [1.82, 2.24) is 4.98 Å². The Morgan fingerprint density at radius 1 is 1.33 bits per heavy atom. The van der Waals surface area contributed by atoms with Crippen molar-refractivity contribution in [2.24, 2.45) is 0 Å². The molecule has 0 aliphatic carbocycles. The van der Waals surface area contributed by atoms with Crippen LogP contribution in [0.15, 0.2) is 29.0 Å². The summed E-state index contributed by atoms with van der Waals surface area (Å²) in [6.07, 6.45) is 3.18. The molecule has 2 aromatic rings. The fraction of sp³-hybridized carbons (Fsp3) is 0.300. The lowest BCUT2D eigenvalue weighted by molar-refractivity contribution is 0.203. The summed E-state index contributed by atoms with van der Waals surface area (Å²) in [7, 11) is 0. The van der Waals surface area contributed by atoms with E-state index in [0.717, 1.165) is 11.0 Å². The standard InChI is InChI=1S/C10H12N2O3/c13-5-7(6-14)12-10-8-2-4-15-9(8)1-3-11-10/h1-4,7,13-14H,5-6H2,(H,11,12). The molecule has 0 bridgehead atoms. The molecule has 5 nitrogen and oxygen atoms in total. The van der Waals surface area contributed by atoms with Crippen molar-refractivity contribution in [2.45, 2.75) is 6.04 Å². The number of aromatic nitrogens is 1. The van der Waals surface area contributed by atoms with Gasteiger partial charge in [0.25, 0.3) is 0 Å². The number of aliphatic hydroxyl groups excluding tert-OH is 2. The molecule has 0 spiro atoms. The Morgan fingerprint density at radius 3 is 2.87 bits per heavy atom. The minimum atomic E-state index is -0.405. The van der Waals surface area contributed by atoms with Crippen molar-refractivity contribution in [1.29, 1.82) is 0 Å². The Morgan fingerprint density at radius 2 is 2.13 bits per heavy atom. The van der Waals surface area contributed by atoms with Gasteiger partial charge in [-0.15, -0.1) is 0 Å². The second-order valence-corrected chi connectivity index (χ2v) is 3.20. The van der Waals surface area contributed by atoms with Gasteiger partial charge in [0.15, 0.2) is 0 Å². The van der Waals surface area contributed by atoms with E-state index < -0.39 is 6.04 Å². The monoisotopic (exact) mass is 208 g/mol. The molecule has 80 valence electrons. The van der Waals surface area contributed by atoms with Crippen LogP contribution >= 0.6 is 0 Å². The molecule has 0 aromatic carbocycles. The first-order valence-electron chi connectivity index (χ1n) is 4.65. The zero-order valence-electron chi connectivity index (χ0n) is 8.05. The third-order valence-corrected chi connectivity index (χ3v) is 2.16. The lowest BCUT2D eigenvalue weighted by atomic mass is 10.2. The Hall–Kier alpha value is -1.59. The van der Waals surface area contributed by atoms with Crippen LogP contribution in [0, 0.1) is 0 Å². The number of aliphatic hydroxyl groups is 2. The second kappa shape index (κ2) is 4.29. The third kappa shape index (κ3) is 1.93. The summed E-state index contributed by atoms with van der Waals surface area (Å²) in [5.74, 6) is 0.606. The van der Waals surface area contributed by atoms with Crippen LogP contribution in [0.2, 0.25) is 0 Å². The topological polar surface area (TPSA) is 78.5 Å². The fourth-order valence-corrected chi connectivity index (χ4v) is 1.35. The number of pyridine rings is 1. The Balaban J connectivity index is 2.30. The molecule has 3 N–H and O–H groups in total. The lowest BCUT2D eigenvalue weighted by Gasteiger charge is -2.13. The van der Waals surface area contributed by atoms with Crippen molar-refractivity contribution < 1.29 is 14.6 Å². The summed E-state index contributed by atoms with van der Waals surface area (Å²) >= 11 is 0. The van der Waals surface area contributed by atoms with E-state index in [-0.39, 0.29) is 13.2 Å². The minimum Gasteiger partial charge on any atom is -0.464 e. The second-order valence-electron chi connectivity index (χ2n) is 3.20. The van der Waals surface area contributed by atoms with Crippen LogP contribution in [-0.2, 0) is 0 Å². The molecule has 5 heteroatoms. The van der Waals surface area contributed by atoms with Crippen LogP contribution in [0.4, 0.5) is 5.82 Å². The highest BCUT2D eigenvalue weighted by atomic mass is 16.3. The summed E-state index contributed by atoms with van der Waals surface area (Å²) in [6, 6.07) is 3.14. The molecule has 2 rings (SSSR count). The van der Waals surface area contributed by atoms with Gasteiger partial charge in [-0.25, -0.2) is 4.98 Å². The van der Waals surface area contributed by atoms with E-state index in [2.05, 4.69) is 10.3 Å². The molecular weight excluding hydrogens is 196 g/mol. The average Bonchev–Trinajstić information content (AvgIpc) is 2.74. The van der Waals surface area contributed by atoms with Crippen LogP contribution in [0.3, 0.4) is 0 Å². The number of hydrogen-bond acceptors (Lipinski definition) is 5. The molecular formula is C10H12N2O3. The molecule has 0 amide bonds. The predicted octanol–water partition coefficient (Wildman–Crippen LogP) is 0.593. The molecule has 0 aliphatic heterocycles. The van der Waals surface area contributed by atoms with E-state index in [9.17, 15) is 0 Å². The van der Waals surface area contributed by atoms with Crippen molar-refractivity contribution >= 4 is 16.8 Å². The Kier molecular flexibility index (Phi) is 2.84. The SMILES string of the molecule is OCC(CO)Nc1nccc2occc12. The molecule has 0 aliphatic rings. The van der Waals surface area contributed by atoms with Crippen LogP contribution in [0.25, 0.3) is 11.0 Å². The van der Waals surface area contributed by atoms with E-state index >= 15 is 0 Å². The van der Waals surface area contributed by atoms with Gasteiger partial charge in [-0.05, 0) is 12.1 Å². The van der Waals surface area contributed by atoms with Gasteiger partial charge >= 0.3 is 0 Å². The molecule has 2 aromatic heterocycles. The summed E-state index contributed by atoms with van der Waals surface area (Å²) in [5.41, 5.74) is 0.724. The molecule has 0 unspecified atom stereocenters. The highest BCUT2D eigenvalue weighted by Crippen LogP contribution is 2.21. The van der Waals surface area contributed by atoms with Gasteiger partial charge in [-0.3, -0.25) is 0 Å². The third-order valence-electron chi connectivity index (χ3n) is 2.16. The van der Waals surface area contributed by atoms with Crippen molar-refractivity contribution in [3.8, 4) is 0 Å². The number of fused-ring (bicyclic) bond motifs is 1. The number of anilines is 1. The fourth-order valence-electron chi connectivity index (χ4n) is 1.35. The molecule has 0 atom stereocenters. The number of nitrogens with zero attached hydrogens (tertiary/aromatic N) is 1. The zero-order valence-corrected chi connectivity index (χ0v) is 8.05. The smallest absolute Gasteiger partial charge is 0.139 e. The minimum absolute atomic E-state index is 0.146. The maximum absolute atomic E-state index is 8.94. The molecule has 0 fully saturated rings. The maximum atomic E-state index is 8.94. The first-order chi connectivity index (χ1) is 7.35. The van der Waals surface area contributed by atoms with Gasteiger partial charge in [-0.2, -0.15) is 0 Å². The summed E-state index contributed by atoms with van der Waals surface area (Å²) in [4.78, 5) is 4.12. The van der Waals surface area contributed by atoms with E-state index in [0.29, 0.717) is 5.82 Å². The van der Waals surface area contributed by atoms with Crippen LogP contribution in [-0.4, -0.2) is 34.5 Å². The van der Waals surface area contributed by atoms with Gasteiger partial charge in [0.1, 0.15) is 11.4 Å². The van der Waals surface area contributed by atoms with Crippen molar-refractivity contribution in [2.75, 3.05) is 18.5 Å². The van der Waals surface area contributed by atoms with E-state index in [1.165, 1.54) is 0 Å². The van der Waals surface area contributed by atoms with Gasteiger partial charge in [0, 0.05) is 6.20 Å². The van der Waals surface area contributed by atoms with Gasteiger partial charge in [0.05, 0.1) is 30.9 Å². The number of rotatable bonds is 4.